The van der Waals surface area contributed by atoms with E-state index in [9.17, 15) is 9.18 Å². The molecule has 0 atom stereocenters. The molecule has 1 aliphatic carbocycles. The summed E-state index contributed by atoms with van der Waals surface area (Å²) in [5, 5.41) is 9.02. The van der Waals surface area contributed by atoms with Crippen LogP contribution in [0.4, 0.5) is 4.39 Å². The molecule has 102 valence electrons. The van der Waals surface area contributed by atoms with Gasteiger partial charge in [0.25, 0.3) is 0 Å². The summed E-state index contributed by atoms with van der Waals surface area (Å²) >= 11 is 0. The SMILES string of the molecule is O=C(O)c1ccc(F)c(-c2ccc3c(c2)CCCC3)c1. The van der Waals surface area contributed by atoms with Crippen LogP contribution in [0.2, 0.25) is 0 Å². The lowest BCUT2D eigenvalue weighted by Crippen LogP contribution is -2.03. The molecule has 0 radical (unpaired) electrons. The minimum atomic E-state index is -1.04. The number of carbonyl (C=O) groups is 1. The standard InChI is InChI=1S/C17H15FO2/c18-16-8-7-14(17(19)20)10-15(16)13-6-5-11-3-1-2-4-12(11)9-13/h5-10H,1-4H2,(H,19,20). The van der Waals surface area contributed by atoms with E-state index in [2.05, 4.69) is 0 Å². The highest BCUT2D eigenvalue weighted by Crippen LogP contribution is 2.29. The Kier molecular flexibility index (Phi) is 3.26. The van der Waals surface area contributed by atoms with Gasteiger partial charge < -0.3 is 5.11 Å². The van der Waals surface area contributed by atoms with Crippen LogP contribution in [0, 0.1) is 5.82 Å². The Labute approximate surface area is 116 Å². The van der Waals surface area contributed by atoms with E-state index in [1.165, 1.54) is 35.7 Å². The van der Waals surface area contributed by atoms with Gasteiger partial charge in [-0.1, -0.05) is 18.2 Å². The summed E-state index contributed by atoms with van der Waals surface area (Å²) in [6, 6.07) is 9.84. The molecule has 0 unspecified atom stereocenters. The largest absolute Gasteiger partial charge is 0.478 e. The van der Waals surface area contributed by atoms with Gasteiger partial charge >= 0.3 is 5.97 Å². The lowest BCUT2D eigenvalue weighted by molar-refractivity contribution is 0.0697. The predicted octanol–water partition coefficient (Wildman–Crippen LogP) is 4.07. The van der Waals surface area contributed by atoms with Crippen LogP contribution in [0.5, 0.6) is 0 Å². The van der Waals surface area contributed by atoms with E-state index in [0.717, 1.165) is 24.8 Å². The van der Waals surface area contributed by atoms with Crippen LogP contribution in [0.3, 0.4) is 0 Å². The van der Waals surface area contributed by atoms with Crippen molar-refractivity contribution in [2.45, 2.75) is 25.7 Å². The van der Waals surface area contributed by atoms with Crippen molar-refractivity contribution >= 4 is 5.97 Å². The fourth-order valence-electron chi connectivity index (χ4n) is 2.78. The topological polar surface area (TPSA) is 37.3 Å². The Morgan fingerprint density at radius 1 is 1.00 bits per heavy atom. The summed E-state index contributed by atoms with van der Waals surface area (Å²) in [7, 11) is 0. The molecule has 0 aliphatic heterocycles. The van der Waals surface area contributed by atoms with Gasteiger partial charge in [0, 0.05) is 5.56 Å². The molecule has 2 aromatic rings. The summed E-state index contributed by atoms with van der Waals surface area (Å²) in [6.07, 6.45) is 4.46. The second kappa shape index (κ2) is 5.08. The number of aromatic carboxylic acids is 1. The first-order valence-corrected chi connectivity index (χ1v) is 6.80. The molecule has 0 bridgehead atoms. The predicted molar refractivity (Wildman–Crippen MR) is 75.4 cm³/mol. The van der Waals surface area contributed by atoms with Crippen LogP contribution < -0.4 is 0 Å². The van der Waals surface area contributed by atoms with Crippen LogP contribution in [-0.4, -0.2) is 11.1 Å². The van der Waals surface area contributed by atoms with E-state index < -0.39 is 5.97 Å². The molecule has 0 heterocycles. The number of rotatable bonds is 2. The zero-order valence-corrected chi connectivity index (χ0v) is 11.0. The number of hydrogen-bond acceptors (Lipinski definition) is 1. The maximum atomic E-state index is 14.0. The van der Waals surface area contributed by atoms with Crippen LogP contribution in [0.15, 0.2) is 36.4 Å². The molecule has 0 aromatic heterocycles. The van der Waals surface area contributed by atoms with Crippen molar-refractivity contribution < 1.29 is 14.3 Å². The highest BCUT2D eigenvalue weighted by atomic mass is 19.1. The van der Waals surface area contributed by atoms with Gasteiger partial charge in [0.2, 0.25) is 0 Å². The Hall–Kier alpha value is -2.16. The number of carboxylic acid groups (broad SMARTS) is 1. The molecule has 20 heavy (non-hydrogen) atoms. The minimum absolute atomic E-state index is 0.110. The minimum Gasteiger partial charge on any atom is -0.478 e. The summed E-state index contributed by atoms with van der Waals surface area (Å²) in [5.74, 6) is -1.42. The number of benzene rings is 2. The first-order chi connectivity index (χ1) is 9.65. The second-order valence-corrected chi connectivity index (χ2v) is 5.19. The van der Waals surface area contributed by atoms with Crippen molar-refractivity contribution in [1.29, 1.82) is 0 Å². The quantitative estimate of drug-likeness (QED) is 0.893. The highest BCUT2D eigenvalue weighted by molar-refractivity contribution is 5.89. The number of halogens is 1. The van der Waals surface area contributed by atoms with Crippen molar-refractivity contribution in [1.82, 2.24) is 0 Å². The average molecular weight is 270 g/mol. The molecular weight excluding hydrogens is 255 g/mol. The van der Waals surface area contributed by atoms with Crippen molar-refractivity contribution in [3.63, 3.8) is 0 Å². The molecule has 0 saturated carbocycles. The number of carboxylic acids is 1. The van der Waals surface area contributed by atoms with E-state index in [-0.39, 0.29) is 11.4 Å². The molecule has 0 saturated heterocycles. The molecule has 0 spiro atoms. The van der Waals surface area contributed by atoms with Crippen molar-refractivity contribution in [2.24, 2.45) is 0 Å². The van der Waals surface area contributed by atoms with Crippen molar-refractivity contribution in [3.8, 4) is 11.1 Å². The lowest BCUT2D eigenvalue weighted by Gasteiger charge is -2.17. The first kappa shape index (κ1) is 12.9. The van der Waals surface area contributed by atoms with Gasteiger partial charge in [-0.15, -0.1) is 0 Å². The lowest BCUT2D eigenvalue weighted by atomic mass is 9.89. The second-order valence-electron chi connectivity index (χ2n) is 5.19. The summed E-state index contributed by atoms with van der Waals surface area (Å²) in [4.78, 5) is 11.0. The Morgan fingerprint density at radius 3 is 2.50 bits per heavy atom. The summed E-state index contributed by atoms with van der Waals surface area (Å²) < 4.78 is 14.0. The van der Waals surface area contributed by atoms with Gasteiger partial charge in [-0.25, -0.2) is 9.18 Å². The molecule has 3 heteroatoms. The molecule has 0 amide bonds. The number of hydrogen-bond donors (Lipinski definition) is 1. The Bertz CT molecular complexity index is 677. The zero-order chi connectivity index (χ0) is 14.1. The molecule has 2 aromatic carbocycles. The van der Waals surface area contributed by atoms with Crippen molar-refractivity contribution in [2.75, 3.05) is 0 Å². The smallest absolute Gasteiger partial charge is 0.335 e. The van der Waals surface area contributed by atoms with Gasteiger partial charge in [-0.3, -0.25) is 0 Å². The van der Waals surface area contributed by atoms with Crippen LogP contribution >= 0.6 is 0 Å². The Balaban J connectivity index is 2.08. The number of aryl methyl sites for hydroxylation is 2. The molecule has 1 aliphatic rings. The highest BCUT2D eigenvalue weighted by Gasteiger charge is 2.14. The van der Waals surface area contributed by atoms with Crippen LogP contribution in [0.1, 0.15) is 34.3 Å². The first-order valence-electron chi connectivity index (χ1n) is 6.80. The number of fused-ring (bicyclic) bond motifs is 1. The van der Waals surface area contributed by atoms with Gasteiger partial charge in [0.15, 0.2) is 0 Å². The third-order valence-corrected chi connectivity index (χ3v) is 3.87. The average Bonchev–Trinajstić information content (AvgIpc) is 2.47. The van der Waals surface area contributed by atoms with Crippen LogP contribution in [-0.2, 0) is 12.8 Å². The summed E-state index contributed by atoms with van der Waals surface area (Å²) in [5.41, 5.74) is 3.81. The van der Waals surface area contributed by atoms with E-state index in [0.29, 0.717) is 5.56 Å². The Morgan fingerprint density at radius 2 is 1.75 bits per heavy atom. The van der Waals surface area contributed by atoms with Gasteiger partial charge in [-0.2, -0.15) is 0 Å². The van der Waals surface area contributed by atoms with E-state index in [4.69, 9.17) is 5.11 Å². The van der Waals surface area contributed by atoms with Gasteiger partial charge in [0.1, 0.15) is 5.82 Å². The monoisotopic (exact) mass is 270 g/mol. The summed E-state index contributed by atoms with van der Waals surface area (Å²) in [6.45, 7) is 0. The molecule has 0 fully saturated rings. The van der Waals surface area contributed by atoms with Gasteiger partial charge in [-0.05, 0) is 60.6 Å². The normalized spacial score (nSPS) is 13.8. The molecule has 1 N–H and O–H groups in total. The third kappa shape index (κ3) is 2.31. The van der Waals surface area contributed by atoms with E-state index in [1.807, 2.05) is 18.2 Å². The molecule has 3 rings (SSSR count). The zero-order valence-electron chi connectivity index (χ0n) is 11.0. The fraction of sp³-hybridized carbons (Fsp3) is 0.235. The van der Waals surface area contributed by atoms with E-state index in [1.54, 1.807) is 0 Å². The van der Waals surface area contributed by atoms with Crippen molar-refractivity contribution in [3.05, 3.63) is 58.9 Å². The molecular formula is C17H15FO2. The van der Waals surface area contributed by atoms with Crippen LogP contribution in [0.25, 0.3) is 11.1 Å². The van der Waals surface area contributed by atoms with E-state index >= 15 is 0 Å². The third-order valence-electron chi connectivity index (χ3n) is 3.87. The van der Waals surface area contributed by atoms with Gasteiger partial charge in [0.05, 0.1) is 5.56 Å². The molecule has 2 nitrogen and oxygen atoms in total. The maximum Gasteiger partial charge on any atom is 0.335 e. The maximum absolute atomic E-state index is 14.0. The fourth-order valence-corrected chi connectivity index (χ4v) is 2.78.